The molecule has 1 aromatic heterocycles. The third-order valence-corrected chi connectivity index (χ3v) is 5.01. The minimum absolute atomic E-state index is 0.0236. The van der Waals surface area contributed by atoms with Gasteiger partial charge in [0.15, 0.2) is 5.69 Å². The van der Waals surface area contributed by atoms with Gasteiger partial charge in [0.05, 0.1) is 33.0 Å². The average Bonchev–Trinajstić information content (AvgIpc) is 3.09. The Labute approximate surface area is 179 Å². The Morgan fingerprint density at radius 1 is 1.35 bits per heavy atom. The fourth-order valence-corrected chi connectivity index (χ4v) is 3.48. The molecule has 10 heteroatoms. The van der Waals surface area contributed by atoms with Crippen molar-refractivity contribution in [2.45, 2.75) is 39.5 Å². The summed E-state index contributed by atoms with van der Waals surface area (Å²) in [6.45, 7) is 6.83. The molecule has 0 radical (unpaired) electrons. The van der Waals surface area contributed by atoms with E-state index >= 15 is 0 Å². The van der Waals surface area contributed by atoms with Crippen molar-refractivity contribution in [1.29, 1.82) is 0 Å². The number of nitrogens with one attached hydrogen (secondary N) is 2. The number of fused-ring (bicyclic) bond motifs is 1. The van der Waals surface area contributed by atoms with Crippen LogP contribution in [0.4, 0.5) is 4.39 Å². The van der Waals surface area contributed by atoms with E-state index < -0.39 is 29.1 Å². The minimum atomic E-state index is -0.879. The van der Waals surface area contributed by atoms with Crippen molar-refractivity contribution in [3.8, 4) is 0 Å². The number of aliphatic hydroxyl groups excluding tert-OH is 1. The summed E-state index contributed by atoms with van der Waals surface area (Å²) in [5, 5.41) is 19.0. The van der Waals surface area contributed by atoms with E-state index in [4.69, 9.17) is 14.6 Å². The first-order valence-electron chi connectivity index (χ1n) is 10.3. The number of carbonyl (C=O) groups is 2. The Balaban J connectivity index is 1.90. The molecule has 3 rings (SSSR count). The lowest BCUT2D eigenvalue weighted by Crippen LogP contribution is -2.54. The number of nitrogens with zero attached hydrogens (tertiary/aromatic N) is 2. The Morgan fingerprint density at radius 3 is 2.77 bits per heavy atom. The van der Waals surface area contributed by atoms with Crippen LogP contribution in [0.15, 0.2) is 18.2 Å². The number of ether oxygens (including phenoxy) is 2. The van der Waals surface area contributed by atoms with E-state index in [-0.39, 0.29) is 37.0 Å². The molecule has 1 unspecified atom stereocenters. The molecule has 2 amide bonds. The van der Waals surface area contributed by atoms with Crippen molar-refractivity contribution in [3.05, 3.63) is 29.7 Å². The van der Waals surface area contributed by atoms with Crippen molar-refractivity contribution in [2.24, 2.45) is 5.41 Å². The lowest BCUT2D eigenvalue weighted by molar-refractivity contribution is -0.125. The molecule has 3 N–H and O–H groups in total. The van der Waals surface area contributed by atoms with Gasteiger partial charge < -0.3 is 25.2 Å². The average molecular weight is 436 g/mol. The van der Waals surface area contributed by atoms with Crippen molar-refractivity contribution >= 4 is 22.7 Å². The smallest absolute Gasteiger partial charge is 0.273 e. The number of aliphatic hydroxyl groups is 1. The van der Waals surface area contributed by atoms with Gasteiger partial charge in [-0.1, -0.05) is 32.9 Å². The summed E-state index contributed by atoms with van der Waals surface area (Å²) in [5.41, 5.74) is -0.388. The molecule has 1 fully saturated rings. The molecule has 170 valence electrons. The summed E-state index contributed by atoms with van der Waals surface area (Å²) < 4.78 is 27.1. The molecule has 2 aromatic rings. The summed E-state index contributed by atoms with van der Waals surface area (Å²) in [6, 6.07) is 3.55. The number of para-hydroxylation sites is 1. The second-order valence-corrected chi connectivity index (χ2v) is 8.52. The highest BCUT2D eigenvalue weighted by Crippen LogP contribution is 2.24. The maximum absolute atomic E-state index is 14.6. The third kappa shape index (κ3) is 5.38. The predicted octanol–water partition coefficient (Wildman–Crippen LogP) is 0.844. The predicted molar refractivity (Wildman–Crippen MR) is 111 cm³/mol. The zero-order chi connectivity index (χ0) is 22.6. The van der Waals surface area contributed by atoms with E-state index in [9.17, 15) is 14.0 Å². The molecule has 1 saturated heterocycles. The van der Waals surface area contributed by atoms with Gasteiger partial charge in [0.25, 0.3) is 5.91 Å². The fraction of sp³-hybridized carbons (Fsp3) is 0.571. The molecule has 0 aliphatic carbocycles. The van der Waals surface area contributed by atoms with E-state index in [1.807, 2.05) is 20.8 Å². The van der Waals surface area contributed by atoms with Crippen LogP contribution in [-0.4, -0.2) is 71.8 Å². The van der Waals surface area contributed by atoms with Crippen LogP contribution in [0.2, 0.25) is 0 Å². The molecule has 1 aromatic carbocycles. The van der Waals surface area contributed by atoms with E-state index in [0.717, 1.165) is 0 Å². The van der Waals surface area contributed by atoms with Crippen molar-refractivity contribution < 1.29 is 28.6 Å². The quantitative estimate of drug-likeness (QED) is 0.593. The maximum Gasteiger partial charge on any atom is 0.273 e. The number of aromatic nitrogens is 2. The molecule has 0 spiro atoms. The lowest BCUT2D eigenvalue weighted by atomic mass is 9.86. The van der Waals surface area contributed by atoms with Crippen LogP contribution in [0.3, 0.4) is 0 Å². The highest BCUT2D eigenvalue weighted by atomic mass is 19.1. The molecule has 2 heterocycles. The highest BCUT2D eigenvalue weighted by Gasteiger charge is 2.34. The number of halogens is 1. The number of hydrogen-bond acceptors (Lipinski definition) is 6. The second kappa shape index (κ2) is 9.71. The van der Waals surface area contributed by atoms with Crippen LogP contribution in [-0.2, 0) is 20.8 Å². The normalized spacial score (nSPS) is 18.0. The van der Waals surface area contributed by atoms with Crippen LogP contribution < -0.4 is 10.6 Å². The Hall–Kier alpha value is -2.56. The number of benzene rings is 1. The minimum Gasteiger partial charge on any atom is -0.395 e. The van der Waals surface area contributed by atoms with Gasteiger partial charge in [-0.15, -0.1) is 0 Å². The summed E-state index contributed by atoms with van der Waals surface area (Å²) in [6.07, 6.45) is -0.307. The largest absolute Gasteiger partial charge is 0.395 e. The third-order valence-electron chi connectivity index (χ3n) is 5.01. The van der Waals surface area contributed by atoms with Crippen LogP contribution in [0.5, 0.6) is 0 Å². The SMILES string of the molecule is CC(C)(C)C(NC(=O)c1nn(C[C@@H]2COCCO2)c2c(F)cccc12)C(=O)NCCO. The fourth-order valence-electron chi connectivity index (χ4n) is 3.48. The van der Waals surface area contributed by atoms with Gasteiger partial charge in [-0.3, -0.25) is 14.3 Å². The summed E-state index contributed by atoms with van der Waals surface area (Å²) in [5.74, 6) is -1.51. The van der Waals surface area contributed by atoms with Crippen molar-refractivity contribution in [3.63, 3.8) is 0 Å². The first-order chi connectivity index (χ1) is 14.7. The van der Waals surface area contributed by atoms with Crippen LogP contribution >= 0.6 is 0 Å². The van der Waals surface area contributed by atoms with Gasteiger partial charge in [-0.05, 0) is 11.5 Å². The molecular formula is C21H29FN4O5. The molecule has 0 saturated carbocycles. The summed E-state index contributed by atoms with van der Waals surface area (Å²) in [4.78, 5) is 25.7. The number of hydrogen-bond donors (Lipinski definition) is 3. The topological polar surface area (TPSA) is 115 Å². The summed E-state index contributed by atoms with van der Waals surface area (Å²) >= 11 is 0. The van der Waals surface area contributed by atoms with Crippen molar-refractivity contribution in [1.82, 2.24) is 20.4 Å². The van der Waals surface area contributed by atoms with Gasteiger partial charge in [0.1, 0.15) is 23.5 Å². The monoisotopic (exact) mass is 436 g/mol. The molecule has 31 heavy (non-hydrogen) atoms. The highest BCUT2D eigenvalue weighted by molar-refractivity contribution is 6.06. The van der Waals surface area contributed by atoms with Crippen LogP contribution in [0, 0.1) is 11.2 Å². The zero-order valence-electron chi connectivity index (χ0n) is 18.0. The van der Waals surface area contributed by atoms with Crippen molar-refractivity contribution in [2.75, 3.05) is 33.0 Å². The first-order valence-corrected chi connectivity index (χ1v) is 10.3. The van der Waals surface area contributed by atoms with E-state index in [1.165, 1.54) is 16.8 Å². The van der Waals surface area contributed by atoms with Gasteiger partial charge in [0.2, 0.25) is 5.91 Å². The van der Waals surface area contributed by atoms with Crippen LogP contribution in [0.1, 0.15) is 31.3 Å². The maximum atomic E-state index is 14.6. The molecule has 1 aliphatic heterocycles. The molecule has 1 aliphatic rings. The van der Waals surface area contributed by atoms with Gasteiger partial charge >= 0.3 is 0 Å². The number of amides is 2. The Kier molecular flexibility index (Phi) is 7.24. The standard InChI is InChI=1S/C21H29FN4O5/c1-21(2,3)18(20(29)23-7-8-27)24-19(28)16-14-5-4-6-15(22)17(14)26(25-16)11-13-12-30-9-10-31-13/h4-6,13,18,27H,7-12H2,1-3H3,(H,23,29)(H,24,28)/t13-,18?/m1/s1. The Bertz CT molecular complexity index is 934. The second-order valence-electron chi connectivity index (χ2n) is 8.52. The number of carbonyl (C=O) groups excluding carboxylic acids is 2. The van der Waals surface area contributed by atoms with Gasteiger partial charge in [-0.25, -0.2) is 4.39 Å². The molecule has 0 bridgehead atoms. The van der Waals surface area contributed by atoms with Gasteiger partial charge in [0, 0.05) is 11.9 Å². The molecule has 2 atom stereocenters. The first kappa shape index (κ1) is 23.1. The van der Waals surface area contributed by atoms with Gasteiger partial charge in [-0.2, -0.15) is 5.10 Å². The van der Waals surface area contributed by atoms with E-state index in [1.54, 1.807) is 6.07 Å². The lowest BCUT2D eigenvalue weighted by Gasteiger charge is -2.30. The molecular weight excluding hydrogens is 407 g/mol. The van der Waals surface area contributed by atoms with E-state index in [2.05, 4.69) is 15.7 Å². The van der Waals surface area contributed by atoms with Crippen LogP contribution in [0.25, 0.3) is 10.9 Å². The number of rotatable bonds is 7. The van der Waals surface area contributed by atoms with E-state index in [0.29, 0.717) is 25.2 Å². The Morgan fingerprint density at radius 2 is 2.13 bits per heavy atom. The summed E-state index contributed by atoms with van der Waals surface area (Å²) in [7, 11) is 0. The molecule has 9 nitrogen and oxygen atoms in total. The zero-order valence-corrected chi connectivity index (χ0v) is 18.0.